The predicted molar refractivity (Wildman–Crippen MR) is 43.5 cm³/mol. The summed E-state index contributed by atoms with van der Waals surface area (Å²) < 4.78 is 0. The van der Waals surface area contributed by atoms with Crippen LogP contribution in [0.4, 0.5) is 0 Å². The van der Waals surface area contributed by atoms with E-state index < -0.39 is 0 Å². The van der Waals surface area contributed by atoms with Crippen LogP contribution in [0.2, 0.25) is 0 Å². The molecule has 0 aliphatic rings. The van der Waals surface area contributed by atoms with Gasteiger partial charge in [0.15, 0.2) is 0 Å². The molecule has 0 aromatic rings. The molecule has 0 atom stereocenters. The van der Waals surface area contributed by atoms with E-state index in [2.05, 4.69) is 34.6 Å². The fourth-order valence-electron chi connectivity index (χ4n) is 0.933. The molecule has 0 unspecified atom stereocenters. The molecular weight excluding hydrogens is 108 g/mol. The molecule has 0 aliphatic heterocycles. The van der Waals surface area contributed by atoms with Crippen molar-refractivity contribution in [3.63, 3.8) is 0 Å². The molecule has 0 bridgehead atoms. The molecule has 0 saturated heterocycles. The van der Waals surface area contributed by atoms with Crippen LogP contribution in [-0.2, 0) is 0 Å². The van der Waals surface area contributed by atoms with Crippen LogP contribution in [0.1, 0.15) is 47.5 Å². The van der Waals surface area contributed by atoms with Crippen molar-refractivity contribution in [1.82, 2.24) is 0 Å². The maximum Gasteiger partial charge on any atom is -0.0331 e. The van der Waals surface area contributed by atoms with Gasteiger partial charge in [-0.3, -0.25) is 0 Å². The van der Waals surface area contributed by atoms with Gasteiger partial charge >= 0.3 is 0 Å². The summed E-state index contributed by atoms with van der Waals surface area (Å²) in [5.74, 6) is 0.817. The first-order valence-corrected chi connectivity index (χ1v) is 4.00. The fourth-order valence-corrected chi connectivity index (χ4v) is 0.933. The lowest BCUT2D eigenvalue weighted by Gasteiger charge is -2.28. The lowest BCUT2D eigenvalue weighted by molar-refractivity contribution is 0.227. The number of rotatable bonds is 3. The summed E-state index contributed by atoms with van der Waals surface area (Å²) in [6.07, 6.45) is 2.66. The van der Waals surface area contributed by atoms with E-state index in [1.807, 2.05) is 0 Å². The molecule has 9 heavy (non-hydrogen) atoms. The van der Waals surface area contributed by atoms with Crippen LogP contribution >= 0.6 is 0 Å². The highest BCUT2D eigenvalue weighted by molar-refractivity contribution is 4.70. The van der Waals surface area contributed by atoms with E-state index in [1.54, 1.807) is 0 Å². The van der Waals surface area contributed by atoms with Gasteiger partial charge in [0.05, 0.1) is 0 Å². The quantitative estimate of drug-likeness (QED) is 0.546. The molecule has 0 rings (SSSR count). The molecule has 0 radical (unpaired) electrons. The van der Waals surface area contributed by atoms with Crippen LogP contribution in [-0.4, -0.2) is 0 Å². The average molecular weight is 128 g/mol. The van der Waals surface area contributed by atoms with Gasteiger partial charge in [-0.2, -0.15) is 0 Å². The second-order valence-corrected chi connectivity index (χ2v) is 3.89. The van der Waals surface area contributed by atoms with E-state index in [1.165, 1.54) is 12.8 Å². The Labute approximate surface area is 59.7 Å². The van der Waals surface area contributed by atoms with Crippen molar-refractivity contribution >= 4 is 0 Å². The van der Waals surface area contributed by atoms with Crippen LogP contribution in [0.25, 0.3) is 0 Å². The highest BCUT2D eigenvalue weighted by Gasteiger charge is 2.20. The van der Waals surface area contributed by atoms with Gasteiger partial charge in [0.25, 0.3) is 0 Å². The van der Waals surface area contributed by atoms with E-state index >= 15 is 0 Å². The van der Waals surface area contributed by atoms with E-state index in [0.717, 1.165) is 5.92 Å². The van der Waals surface area contributed by atoms with Crippen LogP contribution in [0.3, 0.4) is 0 Å². The number of hydrogen-bond donors (Lipinski definition) is 0. The molecule has 0 spiro atoms. The Morgan fingerprint density at radius 1 is 1.22 bits per heavy atom. The zero-order chi connectivity index (χ0) is 7.49. The van der Waals surface area contributed by atoms with Gasteiger partial charge in [-0.05, 0) is 17.8 Å². The van der Waals surface area contributed by atoms with Gasteiger partial charge in [-0.15, -0.1) is 0 Å². The molecule has 0 heterocycles. The summed E-state index contributed by atoms with van der Waals surface area (Å²) in [6.45, 7) is 11.6. The molecule has 0 N–H and O–H groups in total. The Morgan fingerprint density at radius 2 is 1.67 bits per heavy atom. The lowest BCUT2D eigenvalue weighted by Crippen LogP contribution is -2.18. The molecule has 0 aromatic heterocycles. The van der Waals surface area contributed by atoms with Crippen molar-refractivity contribution in [3.8, 4) is 0 Å². The Hall–Kier alpha value is 0. The zero-order valence-corrected chi connectivity index (χ0v) is 7.49. The molecule has 0 amide bonds. The van der Waals surface area contributed by atoms with Gasteiger partial charge in [0.2, 0.25) is 0 Å². The highest BCUT2D eigenvalue weighted by atomic mass is 14.3. The minimum absolute atomic E-state index is 0.550. The van der Waals surface area contributed by atoms with Gasteiger partial charge < -0.3 is 0 Å². The van der Waals surface area contributed by atoms with Crippen molar-refractivity contribution in [3.05, 3.63) is 0 Å². The van der Waals surface area contributed by atoms with Gasteiger partial charge in [-0.1, -0.05) is 41.0 Å². The Balaban J connectivity index is 3.70. The second-order valence-electron chi connectivity index (χ2n) is 3.89. The molecule has 0 nitrogen and oxygen atoms in total. The second kappa shape index (κ2) is 3.24. The largest absolute Gasteiger partial charge is 0.0654 e. The van der Waals surface area contributed by atoms with Crippen molar-refractivity contribution in [2.45, 2.75) is 47.5 Å². The average Bonchev–Trinajstić information content (AvgIpc) is 1.65. The van der Waals surface area contributed by atoms with E-state index in [4.69, 9.17) is 0 Å². The minimum atomic E-state index is 0.550. The van der Waals surface area contributed by atoms with Crippen molar-refractivity contribution in [2.75, 3.05) is 0 Å². The normalized spacial score (nSPS) is 12.7. The zero-order valence-electron chi connectivity index (χ0n) is 7.49. The fraction of sp³-hybridized carbons (Fsp3) is 1.00. The SMILES string of the molecule is CCCC(C)(C)C(C)C. The summed E-state index contributed by atoms with van der Waals surface area (Å²) in [7, 11) is 0. The van der Waals surface area contributed by atoms with Crippen molar-refractivity contribution < 1.29 is 0 Å². The molecular formula is C9H20. The summed E-state index contributed by atoms with van der Waals surface area (Å²) in [6, 6.07) is 0. The summed E-state index contributed by atoms with van der Waals surface area (Å²) in [5.41, 5.74) is 0.550. The Kier molecular flexibility index (Phi) is 3.24. The van der Waals surface area contributed by atoms with Crippen LogP contribution in [0.15, 0.2) is 0 Å². The predicted octanol–water partition coefficient (Wildman–Crippen LogP) is 3.47. The van der Waals surface area contributed by atoms with Crippen LogP contribution in [0.5, 0.6) is 0 Å². The van der Waals surface area contributed by atoms with Gasteiger partial charge in [0.1, 0.15) is 0 Å². The molecule has 56 valence electrons. The van der Waals surface area contributed by atoms with Gasteiger partial charge in [-0.25, -0.2) is 0 Å². The summed E-state index contributed by atoms with van der Waals surface area (Å²) in [4.78, 5) is 0. The lowest BCUT2D eigenvalue weighted by atomic mass is 9.78. The first-order valence-electron chi connectivity index (χ1n) is 4.00. The van der Waals surface area contributed by atoms with Crippen molar-refractivity contribution in [1.29, 1.82) is 0 Å². The first kappa shape index (κ1) is 9.00. The third-order valence-electron chi connectivity index (χ3n) is 2.46. The monoisotopic (exact) mass is 128 g/mol. The Bertz CT molecular complexity index is 70.1. The van der Waals surface area contributed by atoms with Gasteiger partial charge in [0, 0.05) is 0 Å². The number of hydrogen-bond acceptors (Lipinski definition) is 0. The molecule has 0 heteroatoms. The minimum Gasteiger partial charge on any atom is -0.0654 e. The topological polar surface area (TPSA) is 0 Å². The van der Waals surface area contributed by atoms with Crippen LogP contribution < -0.4 is 0 Å². The first-order chi connectivity index (χ1) is 4.00. The maximum atomic E-state index is 2.35. The highest BCUT2D eigenvalue weighted by Crippen LogP contribution is 2.30. The summed E-state index contributed by atoms with van der Waals surface area (Å²) >= 11 is 0. The molecule has 0 fully saturated rings. The van der Waals surface area contributed by atoms with E-state index in [0.29, 0.717) is 5.41 Å². The maximum absolute atomic E-state index is 2.35. The van der Waals surface area contributed by atoms with Crippen molar-refractivity contribution in [2.24, 2.45) is 11.3 Å². The smallest absolute Gasteiger partial charge is 0.0331 e. The standard InChI is InChI=1S/C9H20/c1-6-7-9(4,5)8(2)3/h8H,6-7H2,1-5H3. The third-order valence-corrected chi connectivity index (χ3v) is 2.46. The van der Waals surface area contributed by atoms with Crippen LogP contribution in [0, 0.1) is 11.3 Å². The molecule has 0 aromatic carbocycles. The Morgan fingerprint density at radius 3 is 1.78 bits per heavy atom. The summed E-state index contributed by atoms with van der Waals surface area (Å²) in [5, 5.41) is 0. The molecule has 0 aliphatic carbocycles. The van der Waals surface area contributed by atoms with E-state index in [9.17, 15) is 0 Å². The molecule has 0 saturated carbocycles. The third kappa shape index (κ3) is 2.88. The van der Waals surface area contributed by atoms with E-state index in [-0.39, 0.29) is 0 Å².